The highest BCUT2D eigenvalue weighted by atomic mass is 16.3. The summed E-state index contributed by atoms with van der Waals surface area (Å²) in [7, 11) is 0. The first kappa shape index (κ1) is 21.0. The summed E-state index contributed by atoms with van der Waals surface area (Å²) < 4.78 is 0. The van der Waals surface area contributed by atoms with E-state index in [2.05, 4.69) is 26.3 Å². The summed E-state index contributed by atoms with van der Waals surface area (Å²) >= 11 is 0. The fraction of sp³-hybridized carbons (Fsp3) is 0.320. The smallest absolute Gasteiger partial charge is 0.229 e. The largest absolute Gasteiger partial charge is 0.396 e. The molecule has 0 saturated carbocycles. The molecule has 1 saturated heterocycles. The second-order valence-electron chi connectivity index (χ2n) is 8.16. The van der Waals surface area contributed by atoms with Crippen molar-refractivity contribution in [3.63, 3.8) is 0 Å². The number of nitrogens with zero attached hydrogens (tertiary/aromatic N) is 3. The number of aliphatic hydroxyl groups is 1. The van der Waals surface area contributed by atoms with Crippen molar-refractivity contribution in [3.05, 3.63) is 72.1 Å². The van der Waals surface area contributed by atoms with Gasteiger partial charge in [0.2, 0.25) is 5.91 Å². The second-order valence-corrected chi connectivity index (χ2v) is 8.16. The van der Waals surface area contributed by atoms with E-state index in [0.717, 1.165) is 54.0 Å². The average Bonchev–Trinajstić information content (AvgIpc) is 2.79. The predicted octanol–water partition coefficient (Wildman–Crippen LogP) is 3.84. The van der Waals surface area contributed by atoms with E-state index in [0.29, 0.717) is 18.2 Å². The molecule has 1 aliphatic rings. The Morgan fingerprint density at radius 3 is 2.55 bits per heavy atom. The number of carbonyl (C=O) groups excluding carboxylic acids is 1. The summed E-state index contributed by atoms with van der Waals surface area (Å²) in [5, 5.41) is 12.3. The van der Waals surface area contributed by atoms with Gasteiger partial charge in [-0.05, 0) is 66.6 Å². The lowest BCUT2D eigenvalue weighted by Crippen LogP contribution is -2.35. The van der Waals surface area contributed by atoms with Gasteiger partial charge >= 0.3 is 0 Å². The zero-order valence-electron chi connectivity index (χ0n) is 17.8. The first-order valence-electron chi connectivity index (χ1n) is 10.7. The molecule has 0 bridgehead atoms. The van der Waals surface area contributed by atoms with E-state index < -0.39 is 0 Å². The molecule has 2 aromatic heterocycles. The second kappa shape index (κ2) is 9.71. The molecule has 0 unspecified atom stereocenters. The van der Waals surface area contributed by atoms with Crippen molar-refractivity contribution in [2.24, 2.45) is 5.92 Å². The maximum atomic E-state index is 12.5. The number of aromatic nitrogens is 2. The SMILES string of the molecule is Cc1cccc(CC(=O)Nc2cc(-c3ccnc(N4CCC(CO)CC4)c3)ccn2)c1. The van der Waals surface area contributed by atoms with Crippen LogP contribution in [0.1, 0.15) is 24.0 Å². The number of nitrogens with one attached hydrogen (secondary N) is 1. The topological polar surface area (TPSA) is 78.4 Å². The number of aryl methyl sites for hydroxylation is 1. The molecule has 4 rings (SSSR count). The molecule has 0 atom stereocenters. The number of piperidine rings is 1. The Kier molecular flexibility index (Phi) is 6.57. The van der Waals surface area contributed by atoms with Crippen LogP contribution in [-0.2, 0) is 11.2 Å². The lowest BCUT2D eigenvalue weighted by molar-refractivity contribution is -0.115. The number of hydrogen-bond donors (Lipinski definition) is 2. The van der Waals surface area contributed by atoms with Crippen LogP contribution in [0.4, 0.5) is 11.6 Å². The van der Waals surface area contributed by atoms with E-state index >= 15 is 0 Å². The van der Waals surface area contributed by atoms with Crippen LogP contribution in [0, 0.1) is 12.8 Å². The third kappa shape index (κ3) is 5.47. The van der Waals surface area contributed by atoms with E-state index in [1.807, 2.05) is 55.6 Å². The highest BCUT2D eigenvalue weighted by Crippen LogP contribution is 2.27. The molecule has 0 spiro atoms. The molecule has 6 nitrogen and oxygen atoms in total. The van der Waals surface area contributed by atoms with Gasteiger partial charge in [-0.1, -0.05) is 29.8 Å². The van der Waals surface area contributed by atoms with Crippen LogP contribution in [0.15, 0.2) is 60.9 Å². The van der Waals surface area contributed by atoms with Crippen molar-refractivity contribution in [1.82, 2.24) is 9.97 Å². The van der Waals surface area contributed by atoms with E-state index in [1.54, 1.807) is 6.20 Å². The molecule has 0 aliphatic carbocycles. The van der Waals surface area contributed by atoms with Crippen molar-refractivity contribution in [3.8, 4) is 11.1 Å². The standard InChI is InChI=1S/C25H28N4O2/c1-18-3-2-4-20(13-18)14-25(31)28-23-15-21(5-9-26-23)22-6-10-27-24(16-22)29-11-7-19(17-30)8-12-29/h2-6,9-10,13,15-16,19,30H,7-8,11-12,14,17H2,1H3,(H,26,28,31). The summed E-state index contributed by atoms with van der Waals surface area (Å²) in [6.07, 6.45) is 5.81. The van der Waals surface area contributed by atoms with Gasteiger partial charge < -0.3 is 15.3 Å². The molecule has 1 amide bonds. The van der Waals surface area contributed by atoms with Crippen molar-refractivity contribution < 1.29 is 9.90 Å². The molecule has 3 heterocycles. The van der Waals surface area contributed by atoms with E-state index in [9.17, 15) is 9.90 Å². The van der Waals surface area contributed by atoms with Gasteiger partial charge in [0.1, 0.15) is 11.6 Å². The van der Waals surface area contributed by atoms with Crippen LogP contribution in [-0.4, -0.2) is 40.7 Å². The summed E-state index contributed by atoms with van der Waals surface area (Å²) in [5.41, 5.74) is 4.14. The maximum absolute atomic E-state index is 12.5. The third-order valence-electron chi connectivity index (χ3n) is 5.75. The zero-order chi connectivity index (χ0) is 21.6. The van der Waals surface area contributed by atoms with Crippen molar-refractivity contribution in [1.29, 1.82) is 0 Å². The monoisotopic (exact) mass is 416 g/mol. The summed E-state index contributed by atoms with van der Waals surface area (Å²) in [6.45, 7) is 4.08. The maximum Gasteiger partial charge on any atom is 0.229 e. The van der Waals surface area contributed by atoms with Gasteiger partial charge in [-0.25, -0.2) is 9.97 Å². The van der Waals surface area contributed by atoms with E-state index in [1.165, 1.54) is 0 Å². The number of rotatable bonds is 6. The van der Waals surface area contributed by atoms with Gasteiger partial charge in [0.15, 0.2) is 0 Å². The van der Waals surface area contributed by atoms with Gasteiger partial charge in [0.25, 0.3) is 0 Å². The summed E-state index contributed by atoms with van der Waals surface area (Å²) in [5.74, 6) is 1.79. The molecular formula is C25H28N4O2. The molecule has 2 N–H and O–H groups in total. The number of aliphatic hydroxyl groups excluding tert-OH is 1. The van der Waals surface area contributed by atoms with Crippen LogP contribution < -0.4 is 10.2 Å². The Morgan fingerprint density at radius 2 is 1.81 bits per heavy atom. The van der Waals surface area contributed by atoms with Crippen LogP contribution in [0.3, 0.4) is 0 Å². The molecular weight excluding hydrogens is 388 g/mol. The quantitative estimate of drug-likeness (QED) is 0.638. The molecule has 0 radical (unpaired) electrons. The molecule has 1 aromatic carbocycles. The number of anilines is 2. The molecule has 3 aromatic rings. The van der Waals surface area contributed by atoms with Crippen molar-refractivity contribution >= 4 is 17.5 Å². The van der Waals surface area contributed by atoms with Crippen molar-refractivity contribution in [2.75, 3.05) is 29.9 Å². The third-order valence-corrected chi connectivity index (χ3v) is 5.75. The van der Waals surface area contributed by atoms with Gasteiger partial charge in [-0.3, -0.25) is 4.79 Å². The Labute approximate surface area is 183 Å². The van der Waals surface area contributed by atoms with E-state index in [-0.39, 0.29) is 12.5 Å². The lowest BCUT2D eigenvalue weighted by atomic mass is 9.98. The minimum Gasteiger partial charge on any atom is -0.396 e. The predicted molar refractivity (Wildman–Crippen MR) is 123 cm³/mol. The first-order chi connectivity index (χ1) is 15.1. The highest BCUT2D eigenvalue weighted by molar-refractivity contribution is 5.92. The van der Waals surface area contributed by atoms with E-state index in [4.69, 9.17) is 0 Å². The number of pyridine rings is 2. The fourth-order valence-electron chi connectivity index (χ4n) is 3.99. The molecule has 1 fully saturated rings. The fourth-order valence-corrected chi connectivity index (χ4v) is 3.99. The number of hydrogen-bond acceptors (Lipinski definition) is 5. The summed E-state index contributed by atoms with van der Waals surface area (Å²) in [4.78, 5) is 23.6. The lowest BCUT2D eigenvalue weighted by Gasteiger charge is -2.32. The summed E-state index contributed by atoms with van der Waals surface area (Å²) in [6, 6.07) is 15.8. The number of amides is 1. The molecule has 31 heavy (non-hydrogen) atoms. The Hall–Kier alpha value is -3.25. The normalized spacial score (nSPS) is 14.5. The molecule has 160 valence electrons. The minimum atomic E-state index is -0.0857. The zero-order valence-corrected chi connectivity index (χ0v) is 17.8. The van der Waals surface area contributed by atoms with Crippen LogP contribution >= 0.6 is 0 Å². The van der Waals surface area contributed by atoms with Gasteiger partial charge in [0, 0.05) is 32.1 Å². The van der Waals surface area contributed by atoms with Gasteiger partial charge in [-0.15, -0.1) is 0 Å². The van der Waals surface area contributed by atoms with Crippen LogP contribution in [0.2, 0.25) is 0 Å². The Morgan fingerprint density at radius 1 is 1.06 bits per heavy atom. The van der Waals surface area contributed by atoms with Gasteiger partial charge in [0.05, 0.1) is 6.42 Å². The number of carbonyl (C=O) groups is 1. The highest BCUT2D eigenvalue weighted by Gasteiger charge is 2.19. The van der Waals surface area contributed by atoms with Gasteiger partial charge in [-0.2, -0.15) is 0 Å². The van der Waals surface area contributed by atoms with Crippen LogP contribution in [0.25, 0.3) is 11.1 Å². The Bertz CT molecular complexity index is 1040. The molecule has 1 aliphatic heterocycles. The average molecular weight is 417 g/mol. The Balaban J connectivity index is 1.45. The van der Waals surface area contributed by atoms with Crippen molar-refractivity contribution in [2.45, 2.75) is 26.2 Å². The van der Waals surface area contributed by atoms with Crippen LogP contribution in [0.5, 0.6) is 0 Å². The number of benzene rings is 1. The molecule has 6 heteroatoms. The minimum absolute atomic E-state index is 0.0857. The first-order valence-corrected chi connectivity index (χ1v) is 10.7.